The fourth-order valence-electron chi connectivity index (χ4n) is 2.63. The quantitative estimate of drug-likeness (QED) is 0.532. The van der Waals surface area contributed by atoms with Crippen molar-refractivity contribution in [1.29, 1.82) is 0 Å². The van der Waals surface area contributed by atoms with E-state index in [0.717, 1.165) is 34.9 Å². The van der Waals surface area contributed by atoms with Crippen LogP contribution in [0, 0.1) is 0 Å². The number of benzene rings is 2. The maximum Gasteiger partial charge on any atom is 0.320 e. The van der Waals surface area contributed by atoms with Crippen LogP contribution in [-0.4, -0.2) is 34.8 Å². The number of aliphatic carboxylic acids is 2. The van der Waals surface area contributed by atoms with E-state index in [4.69, 9.17) is 9.84 Å². The summed E-state index contributed by atoms with van der Waals surface area (Å²) in [6.45, 7) is 3.19. The number of unbranched alkanes of at least 4 members (excludes halogenated alkanes) is 1. The van der Waals surface area contributed by atoms with Crippen molar-refractivity contribution in [3.8, 4) is 5.75 Å². The first-order valence-corrected chi connectivity index (χ1v) is 8.83. The first kappa shape index (κ1) is 19.7. The first-order valence-electron chi connectivity index (χ1n) is 8.83. The summed E-state index contributed by atoms with van der Waals surface area (Å²) < 4.78 is 5.71. The number of ether oxygens (including phenoxy) is 1. The highest BCUT2D eigenvalue weighted by molar-refractivity contribution is 5.84. The van der Waals surface area contributed by atoms with Crippen molar-refractivity contribution in [3.05, 3.63) is 42.0 Å². The third kappa shape index (κ3) is 6.04. The Bertz CT molecular complexity index is 759. The second-order valence-corrected chi connectivity index (χ2v) is 6.25. The number of nitrogens with one attached hydrogen (secondary N) is 1. The molecule has 0 aliphatic heterocycles. The van der Waals surface area contributed by atoms with Gasteiger partial charge >= 0.3 is 11.9 Å². The van der Waals surface area contributed by atoms with Gasteiger partial charge in [-0.2, -0.15) is 0 Å². The second-order valence-electron chi connectivity index (χ2n) is 6.25. The minimum atomic E-state index is -1.04. The van der Waals surface area contributed by atoms with Crippen molar-refractivity contribution in [2.24, 2.45) is 0 Å². The van der Waals surface area contributed by atoms with Crippen LogP contribution in [0.4, 0.5) is 0 Å². The van der Waals surface area contributed by atoms with Gasteiger partial charge in [-0.05, 0) is 47.4 Å². The van der Waals surface area contributed by atoms with Crippen molar-refractivity contribution in [2.75, 3.05) is 6.61 Å². The van der Waals surface area contributed by atoms with Crippen LogP contribution in [-0.2, 0) is 16.1 Å². The maximum absolute atomic E-state index is 11.2. The van der Waals surface area contributed by atoms with E-state index < -0.39 is 18.0 Å². The van der Waals surface area contributed by atoms with Crippen molar-refractivity contribution in [2.45, 2.75) is 45.2 Å². The van der Waals surface area contributed by atoms with E-state index in [9.17, 15) is 14.7 Å². The lowest BCUT2D eigenvalue weighted by Gasteiger charge is -2.14. The minimum Gasteiger partial charge on any atom is -0.494 e. The molecule has 2 rings (SSSR count). The molecule has 2 aromatic rings. The normalized spacial score (nSPS) is 12.0. The molecule has 0 aromatic heterocycles. The largest absolute Gasteiger partial charge is 0.494 e. The Morgan fingerprint density at radius 1 is 1.12 bits per heavy atom. The maximum atomic E-state index is 11.2. The van der Waals surface area contributed by atoms with Crippen LogP contribution in [0.1, 0.15) is 38.2 Å². The Hall–Kier alpha value is -2.60. The lowest BCUT2D eigenvalue weighted by Crippen LogP contribution is -2.36. The molecule has 6 heteroatoms. The molecular formula is C20H25NO5. The van der Waals surface area contributed by atoms with Gasteiger partial charge in [0.25, 0.3) is 0 Å². The Kier molecular flexibility index (Phi) is 7.41. The molecule has 0 heterocycles. The summed E-state index contributed by atoms with van der Waals surface area (Å²) in [6, 6.07) is 10.9. The molecule has 0 saturated carbocycles. The molecule has 0 saturated heterocycles. The van der Waals surface area contributed by atoms with Crippen LogP contribution in [0.3, 0.4) is 0 Å². The molecular weight excluding hydrogens is 334 g/mol. The highest BCUT2D eigenvalue weighted by atomic mass is 16.5. The molecule has 0 aliphatic rings. The van der Waals surface area contributed by atoms with Gasteiger partial charge in [-0.15, -0.1) is 0 Å². The Morgan fingerprint density at radius 2 is 1.85 bits per heavy atom. The Balaban J connectivity index is 2.00. The summed E-state index contributed by atoms with van der Waals surface area (Å²) in [6.07, 6.45) is 1.99. The van der Waals surface area contributed by atoms with Crippen LogP contribution in [0.5, 0.6) is 5.75 Å². The number of hydrogen-bond donors (Lipinski definition) is 3. The SMILES string of the molecule is CCCCOc1ccc2cc(CN[C@H](CCC(=O)O)C(=O)O)ccc2c1. The highest BCUT2D eigenvalue weighted by Gasteiger charge is 2.17. The van der Waals surface area contributed by atoms with Gasteiger partial charge < -0.3 is 20.3 Å². The fraction of sp³-hybridized carbons (Fsp3) is 0.400. The van der Waals surface area contributed by atoms with E-state index in [0.29, 0.717) is 13.2 Å². The summed E-state index contributed by atoms with van der Waals surface area (Å²) in [5.41, 5.74) is 0.943. The van der Waals surface area contributed by atoms with E-state index in [1.54, 1.807) is 0 Å². The number of carboxylic acid groups (broad SMARTS) is 2. The van der Waals surface area contributed by atoms with Gasteiger partial charge in [0.2, 0.25) is 0 Å². The Labute approximate surface area is 152 Å². The lowest BCUT2D eigenvalue weighted by molar-refractivity contribution is -0.140. The van der Waals surface area contributed by atoms with Crippen molar-refractivity contribution >= 4 is 22.7 Å². The minimum absolute atomic E-state index is 0.0523. The predicted octanol–water partition coefficient (Wildman–Crippen LogP) is 3.43. The molecule has 1 atom stereocenters. The summed E-state index contributed by atoms with van der Waals surface area (Å²) in [7, 11) is 0. The smallest absolute Gasteiger partial charge is 0.320 e. The molecule has 0 fully saturated rings. The first-order chi connectivity index (χ1) is 12.5. The zero-order valence-electron chi connectivity index (χ0n) is 14.9. The average Bonchev–Trinajstić information content (AvgIpc) is 2.61. The molecule has 0 amide bonds. The van der Waals surface area contributed by atoms with Gasteiger partial charge in [-0.25, -0.2) is 0 Å². The Morgan fingerprint density at radius 3 is 2.54 bits per heavy atom. The topological polar surface area (TPSA) is 95.9 Å². The van der Waals surface area contributed by atoms with E-state index in [-0.39, 0.29) is 12.8 Å². The summed E-state index contributed by atoms with van der Waals surface area (Å²) in [5.74, 6) is -1.20. The van der Waals surface area contributed by atoms with Crippen LogP contribution < -0.4 is 10.1 Å². The monoisotopic (exact) mass is 359 g/mol. The van der Waals surface area contributed by atoms with Crippen LogP contribution >= 0.6 is 0 Å². The molecule has 2 aromatic carbocycles. The zero-order chi connectivity index (χ0) is 18.9. The van der Waals surface area contributed by atoms with Crippen LogP contribution in [0.15, 0.2) is 36.4 Å². The van der Waals surface area contributed by atoms with Crippen molar-refractivity contribution in [3.63, 3.8) is 0 Å². The number of carboxylic acids is 2. The summed E-state index contributed by atoms with van der Waals surface area (Å²) in [5, 5.41) is 22.9. The number of hydrogen-bond acceptors (Lipinski definition) is 4. The molecule has 6 nitrogen and oxygen atoms in total. The van der Waals surface area contributed by atoms with Gasteiger partial charge in [-0.3, -0.25) is 9.59 Å². The van der Waals surface area contributed by atoms with Gasteiger partial charge in [0.05, 0.1) is 6.61 Å². The molecule has 0 aliphatic carbocycles. The van der Waals surface area contributed by atoms with E-state index in [1.165, 1.54) is 0 Å². The fourth-order valence-corrected chi connectivity index (χ4v) is 2.63. The summed E-state index contributed by atoms with van der Waals surface area (Å²) >= 11 is 0. The molecule has 0 spiro atoms. The third-order valence-corrected chi connectivity index (χ3v) is 4.14. The van der Waals surface area contributed by atoms with Crippen molar-refractivity contribution < 1.29 is 24.5 Å². The molecule has 3 N–H and O–H groups in total. The molecule has 0 bridgehead atoms. The highest BCUT2D eigenvalue weighted by Crippen LogP contribution is 2.22. The van der Waals surface area contributed by atoms with Crippen LogP contribution in [0.2, 0.25) is 0 Å². The third-order valence-electron chi connectivity index (χ3n) is 4.14. The molecule has 140 valence electrons. The average molecular weight is 359 g/mol. The second kappa shape index (κ2) is 9.77. The van der Waals surface area contributed by atoms with Gasteiger partial charge in [0, 0.05) is 13.0 Å². The zero-order valence-corrected chi connectivity index (χ0v) is 14.9. The van der Waals surface area contributed by atoms with Gasteiger partial charge in [0.15, 0.2) is 0 Å². The standard InChI is InChI=1S/C20H25NO5/c1-2-3-10-26-17-7-6-15-11-14(4-5-16(15)12-17)13-21-18(20(24)25)8-9-19(22)23/h4-7,11-12,18,21H,2-3,8-10,13H2,1H3,(H,22,23)(H,24,25)/t18-/m1/s1. The molecule has 0 unspecified atom stereocenters. The van der Waals surface area contributed by atoms with E-state index >= 15 is 0 Å². The van der Waals surface area contributed by atoms with Crippen LogP contribution in [0.25, 0.3) is 10.8 Å². The number of carbonyl (C=O) groups is 2. The van der Waals surface area contributed by atoms with Gasteiger partial charge in [0.1, 0.15) is 11.8 Å². The number of rotatable bonds is 11. The molecule has 0 radical (unpaired) electrons. The van der Waals surface area contributed by atoms with Crippen molar-refractivity contribution in [1.82, 2.24) is 5.32 Å². The van der Waals surface area contributed by atoms with E-state index in [1.807, 2.05) is 36.4 Å². The van der Waals surface area contributed by atoms with E-state index in [2.05, 4.69) is 12.2 Å². The lowest BCUT2D eigenvalue weighted by atomic mass is 10.1. The predicted molar refractivity (Wildman–Crippen MR) is 99.5 cm³/mol. The van der Waals surface area contributed by atoms with Gasteiger partial charge in [-0.1, -0.05) is 31.5 Å². The summed E-state index contributed by atoms with van der Waals surface area (Å²) in [4.78, 5) is 21.8. The molecule has 26 heavy (non-hydrogen) atoms. The number of fused-ring (bicyclic) bond motifs is 1.